The molecule has 3 rings (SSSR count). The van der Waals surface area contributed by atoms with Gasteiger partial charge in [-0.25, -0.2) is 0 Å². The van der Waals surface area contributed by atoms with E-state index in [2.05, 4.69) is 41.5 Å². The largest absolute Gasteiger partial charge is 0.380 e. The third-order valence-electron chi connectivity index (χ3n) is 4.04. The molecule has 0 spiro atoms. The monoisotopic (exact) mass is 232 g/mol. The van der Waals surface area contributed by atoms with Crippen LogP contribution in [0.1, 0.15) is 23.6 Å². The molecule has 1 aromatic carbocycles. The van der Waals surface area contributed by atoms with Crippen molar-refractivity contribution >= 4 is 0 Å². The van der Waals surface area contributed by atoms with Gasteiger partial charge in [-0.3, -0.25) is 4.90 Å². The smallest absolute Gasteiger partial charge is 0.0622 e. The fourth-order valence-corrected chi connectivity index (χ4v) is 2.93. The molecule has 3 nitrogen and oxygen atoms in total. The van der Waals surface area contributed by atoms with Gasteiger partial charge in [-0.2, -0.15) is 0 Å². The normalized spacial score (nSPS) is 28.4. The van der Waals surface area contributed by atoms with Crippen molar-refractivity contribution in [1.29, 1.82) is 0 Å². The Morgan fingerprint density at radius 2 is 2.24 bits per heavy atom. The van der Waals surface area contributed by atoms with Gasteiger partial charge < -0.3 is 10.1 Å². The van der Waals surface area contributed by atoms with Crippen LogP contribution in [0.15, 0.2) is 24.3 Å². The van der Waals surface area contributed by atoms with Gasteiger partial charge in [-0.05, 0) is 24.6 Å². The summed E-state index contributed by atoms with van der Waals surface area (Å²) in [4.78, 5) is 2.48. The van der Waals surface area contributed by atoms with Gasteiger partial charge in [-0.15, -0.1) is 0 Å². The Labute approximate surface area is 103 Å². The minimum absolute atomic E-state index is 0.492. The van der Waals surface area contributed by atoms with Crippen LogP contribution in [0.5, 0.6) is 0 Å². The Hall–Kier alpha value is -0.900. The van der Waals surface area contributed by atoms with E-state index in [0.29, 0.717) is 12.1 Å². The highest BCUT2D eigenvalue weighted by atomic mass is 16.5. The molecule has 2 heterocycles. The standard InChI is InChI=1S/C14H20N2O/c1-16(12-6-7-17-10-12)14-9-15-8-11-4-2-3-5-13(11)14/h2-5,12,14-15H,6-10H2,1H3. The number of hydrogen-bond donors (Lipinski definition) is 1. The van der Waals surface area contributed by atoms with Crippen molar-refractivity contribution in [2.75, 3.05) is 26.8 Å². The Kier molecular flexibility index (Phi) is 3.14. The highest BCUT2D eigenvalue weighted by molar-refractivity contribution is 5.32. The highest BCUT2D eigenvalue weighted by Crippen LogP contribution is 2.29. The number of hydrogen-bond acceptors (Lipinski definition) is 3. The maximum absolute atomic E-state index is 5.49. The lowest BCUT2D eigenvalue weighted by Crippen LogP contribution is -2.43. The van der Waals surface area contributed by atoms with Crippen LogP contribution in [0, 0.1) is 0 Å². The zero-order valence-corrected chi connectivity index (χ0v) is 10.4. The molecule has 0 aromatic heterocycles. The molecule has 0 bridgehead atoms. The first-order chi connectivity index (χ1) is 8.36. The van der Waals surface area contributed by atoms with E-state index in [1.165, 1.54) is 11.1 Å². The van der Waals surface area contributed by atoms with E-state index < -0.39 is 0 Å². The number of nitrogens with one attached hydrogen (secondary N) is 1. The van der Waals surface area contributed by atoms with Gasteiger partial charge in [0.2, 0.25) is 0 Å². The Bertz CT molecular complexity index is 388. The second-order valence-corrected chi connectivity index (χ2v) is 5.03. The fraction of sp³-hybridized carbons (Fsp3) is 0.571. The first-order valence-electron chi connectivity index (χ1n) is 6.44. The van der Waals surface area contributed by atoms with E-state index in [1.807, 2.05) is 0 Å². The van der Waals surface area contributed by atoms with Gasteiger partial charge in [0.1, 0.15) is 0 Å². The predicted octanol–water partition coefficient (Wildman–Crippen LogP) is 1.55. The van der Waals surface area contributed by atoms with Crippen molar-refractivity contribution in [2.24, 2.45) is 0 Å². The molecule has 1 saturated heterocycles. The molecular weight excluding hydrogens is 212 g/mol. The molecule has 0 aliphatic carbocycles. The first kappa shape index (κ1) is 11.2. The molecule has 1 N–H and O–H groups in total. The zero-order valence-electron chi connectivity index (χ0n) is 10.4. The summed E-state index contributed by atoms with van der Waals surface area (Å²) in [5.41, 5.74) is 2.93. The van der Waals surface area contributed by atoms with Gasteiger partial charge in [-0.1, -0.05) is 24.3 Å². The molecule has 0 amide bonds. The SMILES string of the molecule is CN(C1CCOC1)C1CNCc2ccccc21. The fourth-order valence-electron chi connectivity index (χ4n) is 2.93. The molecule has 0 saturated carbocycles. The lowest BCUT2D eigenvalue weighted by atomic mass is 9.95. The van der Waals surface area contributed by atoms with Crippen molar-refractivity contribution in [1.82, 2.24) is 10.2 Å². The van der Waals surface area contributed by atoms with Gasteiger partial charge in [0.05, 0.1) is 6.61 Å². The molecule has 1 aromatic rings. The second kappa shape index (κ2) is 4.77. The average Bonchev–Trinajstić information content (AvgIpc) is 2.91. The van der Waals surface area contributed by atoms with Crippen LogP contribution in [-0.4, -0.2) is 37.7 Å². The van der Waals surface area contributed by atoms with Crippen molar-refractivity contribution in [3.05, 3.63) is 35.4 Å². The zero-order chi connectivity index (χ0) is 11.7. The van der Waals surface area contributed by atoms with Gasteiger partial charge in [0.15, 0.2) is 0 Å². The summed E-state index contributed by atoms with van der Waals surface area (Å²) in [5.74, 6) is 0. The third kappa shape index (κ3) is 2.10. The van der Waals surface area contributed by atoms with Gasteiger partial charge >= 0.3 is 0 Å². The molecule has 2 aliphatic rings. The average molecular weight is 232 g/mol. The molecule has 92 valence electrons. The lowest BCUT2D eigenvalue weighted by Gasteiger charge is -2.36. The van der Waals surface area contributed by atoms with Crippen LogP contribution in [0.2, 0.25) is 0 Å². The summed E-state index contributed by atoms with van der Waals surface area (Å²) in [6.45, 7) is 3.84. The molecule has 2 unspecified atom stereocenters. The summed E-state index contributed by atoms with van der Waals surface area (Å²) in [6, 6.07) is 9.85. The predicted molar refractivity (Wildman–Crippen MR) is 67.9 cm³/mol. The van der Waals surface area contributed by atoms with E-state index in [0.717, 1.165) is 32.7 Å². The van der Waals surface area contributed by atoms with Crippen LogP contribution < -0.4 is 5.32 Å². The number of fused-ring (bicyclic) bond motifs is 1. The van der Waals surface area contributed by atoms with E-state index in [-0.39, 0.29) is 0 Å². The minimum Gasteiger partial charge on any atom is -0.380 e. The lowest BCUT2D eigenvalue weighted by molar-refractivity contribution is 0.127. The van der Waals surface area contributed by atoms with Crippen LogP contribution >= 0.6 is 0 Å². The van der Waals surface area contributed by atoms with Crippen LogP contribution in [-0.2, 0) is 11.3 Å². The molecule has 2 aliphatic heterocycles. The van der Waals surface area contributed by atoms with E-state index in [9.17, 15) is 0 Å². The molecule has 17 heavy (non-hydrogen) atoms. The van der Waals surface area contributed by atoms with Crippen LogP contribution in [0.4, 0.5) is 0 Å². The molecule has 1 fully saturated rings. The van der Waals surface area contributed by atoms with Crippen molar-refractivity contribution in [3.8, 4) is 0 Å². The first-order valence-corrected chi connectivity index (χ1v) is 6.44. The quantitative estimate of drug-likeness (QED) is 0.837. The molecular formula is C14H20N2O. The number of benzene rings is 1. The van der Waals surface area contributed by atoms with Crippen molar-refractivity contribution < 1.29 is 4.74 Å². The number of rotatable bonds is 2. The minimum atomic E-state index is 0.492. The van der Waals surface area contributed by atoms with Crippen molar-refractivity contribution in [2.45, 2.75) is 25.0 Å². The summed E-state index contributed by atoms with van der Waals surface area (Å²) < 4.78 is 5.49. The molecule has 0 radical (unpaired) electrons. The van der Waals surface area contributed by atoms with Gasteiger partial charge in [0, 0.05) is 31.8 Å². The number of nitrogens with zero attached hydrogens (tertiary/aromatic N) is 1. The number of likely N-dealkylation sites (N-methyl/N-ethyl adjacent to an activating group) is 1. The van der Waals surface area contributed by atoms with Crippen LogP contribution in [0.3, 0.4) is 0 Å². The Morgan fingerprint density at radius 1 is 1.35 bits per heavy atom. The molecule has 2 atom stereocenters. The summed E-state index contributed by atoms with van der Waals surface area (Å²) in [7, 11) is 2.23. The summed E-state index contributed by atoms with van der Waals surface area (Å²) in [5, 5.41) is 3.51. The Balaban J connectivity index is 1.84. The molecule has 3 heteroatoms. The third-order valence-corrected chi connectivity index (χ3v) is 4.04. The highest BCUT2D eigenvalue weighted by Gasteiger charge is 2.29. The summed E-state index contributed by atoms with van der Waals surface area (Å²) >= 11 is 0. The second-order valence-electron chi connectivity index (χ2n) is 5.03. The Morgan fingerprint density at radius 3 is 3.06 bits per heavy atom. The van der Waals surface area contributed by atoms with E-state index >= 15 is 0 Å². The van der Waals surface area contributed by atoms with Crippen molar-refractivity contribution in [3.63, 3.8) is 0 Å². The van der Waals surface area contributed by atoms with Gasteiger partial charge in [0.25, 0.3) is 0 Å². The summed E-state index contributed by atoms with van der Waals surface area (Å²) in [6.07, 6.45) is 1.16. The maximum Gasteiger partial charge on any atom is 0.0622 e. The van der Waals surface area contributed by atoms with Crippen LogP contribution in [0.25, 0.3) is 0 Å². The topological polar surface area (TPSA) is 24.5 Å². The maximum atomic E-state index is 5.49. The number of ether oxygens (including phenoxy) is 1. The van der Waals surface area contributed by atoms with E-state index in [1.54, 1.807) is 0 Å². The van der Waals surface area contributed by atoms with E-state index in [4.69, 9.17) is 4.74 Å².